The second-order valence-electron chi connectivity index (χ2n) is 14.7. The van der Waals surface area contributed by atoms with Crippen LogP contribution in [0.2, 0.25) is 0 Å². The summed E-state index contributed by atoms with van der Waals surface area (Å²) in [5.74, 6) is 1.29. The summed E-state index contributed by atoms with van der Waals surface area (Å²) in [6.45, 7) is 18.2. The third kappa shape index (κ3) is 7.41. The zero-order valence-electron chi connectivity index (χ0n) is 26.3. The van der Waals surface area contributed by atoms with Crippen LogP contribution < -0.4 is 5.32 Å². The minimum absolute atomic E-state index is 0.0914. The predicted molar refractivity (Wildman–Crippen MR) is 161 cm³/mol. The lowest BCUT2D eigenvalue weighted by atomic mass is 9.69. The number of benzene rings is 1. The summed E-state index contributed by atoms with van der Waals surface area (Å²) in [6.07, 6.45) is 6.43. The SMILES string of the molecule is CC(C)CC1=NC2(CCC(C(C)(C)C)CC2)N([C@H](CCC(C)(C)C)c2ccc(C(=O)NCc3nn[nH]n3)cc2)C1=O. The van der Waals surface area contributed by atoms with Gasteiger partial charge >= 0.3 is 0 Å². The van der Waals surface area contributed by atoms with Gasteiger partial charge in [0.15, 0.2) is 5.82 Å². The van der Waals surface area contributed by atoms with E-state index in [0.717, 1.165) is 49.8 Å². The van der Waals surface area contributed by atoms with Crippen LogP contribution in [0.15, 0.2) is 29.3 Å². The predicted octanol–water partition coefficient (Wildman–Crippen LogP) is 6.26. The molecular formula is C32H49N7O2. The second kappa shape index (κ2) is 12.0. The highest BCUT2D eigenvalue weighted by Gasteiger charge is 2.52. The molecule has 2 amide bonds. The van der Waals surface area contributed by atoms with Crippen molar-refractivity contribution >= 4 is 17.5 Å². The standard InChI is InChI=1S/C32H49N7O2/c1-21(2)19-25-29(41)39(32(34-25)17-13-24(14-18-32)31(6,7)8)26(15-16-30(3,4)5)22-9-11-23(12-10-22)28(40)33-20-27-35-37-38-36-27/h9-12,21,24,26H,13-20H2,1-8H3,(H,33,40)(H,35,36,37,38)/t24?,26-,32?/m1/s1. The molecule has 1 aliphatic carbocycles. The molecule has 1 atom stereocenters. The number of carbonyl (C=O) groups excluding carboxylic acids is 2. The van der Waals surface area contributed by atoms with E-state index < -0.39 is 5.66 Å². The second-order valence-corrected chi connectivity index (χ2v) is 14.7. The van der Waals surface area contributed by atoms with Crippen LogP contribution in [0.25, 0.3) is 0 Å². The van der Waals surface area contributed by atoms with E-state index in [2.05, 4.69) is 86.2 Å². The first kappa shape index (κ1) is 30.8. The number of hydrogen-bond acceptors (Lipinski definition) is 6. The van der Waals surface area contributed by atoms with Crippen LogP contribution in [-0.2, 0) is 11.3 Å². The normalized spacial score (nSPS) is 22.4. The van der Waals surface area contributed by atoms with Crippen molar-refractivity contribution in [2.24, 2.45) is 27.7 Å². The third-order valence-corrected chi connectivity index (χ3v) is 8.70. The molecule has 2 N–H and O–H groups in total. The van der Waals surface area contributed by atoms with Crippen LogP contribution in [0.4, 0.5) is 0 Å². The summed E-state index contributed by atoms with van der Waals surface area (Å²) in [5.41, 5.74) is 2.20. The van der Waals surface area contributed by atoms with E-state index in [0.29, 0.717) is 29.6 Å². The quantitative estimate of drug-likeness (QED) is 0.374. The highest BCUT2D eigenvalue weighted by Crippen LogP contribution is 2.50. The Morgan fingerprint density at radius 3 is 2.29 bits per heavy atom. The number of rotatable bonds is 9. The fourth-order valence-electron chi connectivity index (χ4n) is 6.32. The molecule has 0 saturated heterocycles. The molecule has 1 aromatic heterocycles. The number of tetrazole rings is 1. The lowest BCUT2D eigenvalue weighted by molar-refractivity contribution is -0.134. The molecule has 41 heavy (non-hydrogen) atoms. The van der Waals surface area contributed by atoms with Crippen molar-refractivity contribution in [2.75, 3.05) is 0 Å². The lowest BCUT2D eigenvalue weighted by Crippen LogP contribution is -2.51. The summed E-state index contributed by atoms with van der Waals surface area (Å²) < 4.78 is 0. The van der Waals surface area contributed by atoms with E-state index in [9.17, 15) is 9.59 Å². The number of aromatic nitrogens is 4. The molecule has 1 aliphatic heterocycles. The summed E-state index contributed by atoms with van der Waals surface area (Å²) >= 11 is 0. The maximum Gasteiger partial charge on any atom is 0.270 e. The number of hydrogen-bond donors (Lipinski definition) is 2. The Bertz CT molecular complexity index is 1210. The molecule has 1 saturated carbocycles. The Hall–Kier alpha value is -3.10. The average Bonchev–Trinajstić information content (AvgIpc) is 3.49. The van der Waals surface area contributed by atoms with Crippen LogP contribution in [0.5, 0.6) is 0 Å². The van der Waals surface area contributed by atoms with Gasteiger partial charge in [-0.1, -0.05) is 72.7 Å². The van der Waals surface area contributed by atoms with Crippen molar-refractivity contribution in [1.82, 2.24) is 30.8 Å². The number of aliphatic imine (C=N–C) groups is 1. The summed E-state index contributed by atoms with van der Waals surface area (Å²) in [6, 6.07) is 7.62. The van der Waals surface area contributed by atoms with E-state index in [1.807, 2.05) is 24.3 Å². The third-order valence-electron chi connectivity index (χ3n) is 8.70. The Balaban J connectivity index is 1.64. The Labute approximate surface area is 245 Å². The first-order valence-corrected chi connectivity index (χ1v) is 15.2. The van der Waals surface area contributed by atoms with Gasteiger partial charge in [-0.15, -0.1) is 10.2 Å². The molecule has 1 aromatic carbocycles. The first-order valence-electron chi connectivity index (χ1n) is 15.2. The number of nitrogens with zero attached hydrogens (tertiary/aromatic N) is 5. The van der Waals surface area contributed by atoms with Gasteiger partial charge in [0.25, 0.3) is 11.8 Å². The van der Waals surface area contributed by atoms with E-state index in [4.69, 9.17) is 4.99 Å². The van der Waals surface area contributed by atoms with Gasteiger partial charge in [0.05, 0.1) is 12.6 Å². The summed E-state index contributed by atoms with van der Waals surface area (Å²) in [5, 5.41) is 16.5. The van der Waals surface area contributed by atoms with E-state index in [-0.39, 0.29) is 35.2 Å². The molecule has 1 spiro atoms. The molecule has 4 rings (SSSR count). The zero-order chi connectivity index (χ0) is 30.0. The molecule has 0 bridgehead atoms. The van der Waals surface area contributed by atoms with Crippen LogP contribution in [-0.4, -0.2) is 48.7 Å². The van der Waals surface area contributed by atoms with Crippen molar-refractivity contribution in [2.45, 2.75) is 119 Å². The molecule has 1 fully saturated rings. The number of H-pyrrole nitrogens is 1. The highest BCUT2D eigenvalue weighted by molar-refractivity contribution is 6.40. The van der Waals surface area contributed by atoms with Crippen molar-refractivity contribution in [3.63, 3.8) is 0 Å². The van der Waals surface area contributed by atoms with Crippen LogP contribution in [0, 0.1) is 22.7 Å². The van der Waals surface area contributed by atoms with Gasteiger partial charge in [0.1, 0.15) is 11.4 Å². The van der Waals surface area contributed by atoms with Crippen LogP contribution in [0.1, 0.15) is 128 Å². The number of nitrogens with one attached hydrogen (secondary N) is 2. The number of amides is 2. The number of aromatic amines is 1. The fourth-order valence-corrected chi connectivity index (χ4v) is 6.32. The van der Waals surface area contributed by atoms with E-state index in [1.54, 1.807) is 0 Å². The molecule has 224 valence electrons. The number of carbonyl (C=O) groups is 2. The first-order chi connectivity index (χ1) is 19.2. The molecular weight excluding hydrogens is 514 g/mol. The minimum Gasteiger partial charge on any atom is -0.345 e. The van der Waals surface area contributed by atoms with Gasteiger partial charge < -0.3 is 10.2 Å². The topological polar surface area (TPSA) is 116 Å². The van der Waals surface area contributed by atoms with Crippen molar-refractivity contribution in [3.05, 3.63) is 41.2 Å². The van der Waals surface area contributed by atoms with Crippen LogP contribution in [0.3, 0.4) is 0 Å². The van der Waals surface area contributed by atoms with Crippen molar-refractivity contribution < 1.29 is 9.59 Å². The Kier molecular flexibility index (Phi) is 9.04. The maximum absolute atomic E-state index is 14.2. The van der Waals surface area contributed by atoms with Gasteiger partial charge in [0.2, 0.25) is 0 Å². The van der Waals surface area contributed by atoms with Gasteiger partial charge in [-0.3, -0.25) is 14.6 Å². The highest BCUT2D eigenvalue weighted by atomic mass is 16.2. The van der Waals surface area contributed by atoms with Crippen LogP contribution >= 0.6 is 0 Å². The minimum atomic E-state index is -0.494. The van der Waals surface area contributed by atoms with Gasteiger partial charge in [-0.05, 0) is 85.3 Å². The lowest BCUT2D eigenvalue weighted by Gasteiger charge is -2.48. The van der Waals surface area contributed by atoms with Gasteiger partial charge in [0, 0.05) is 5.56 Å². The summed E-state index contributed by atoms with van der Waals surface area (Å²) in [4.78, 5) is 34.5. The largest absolute Gasteiger partial charge is 0.345 e. The molecule has 2 heterocycles. The Morgan fingerprint density at radius 2 is 1.76 bits per heavy atom. The zero-order valence-corrected chi connectivity index (χ0v) is 26.3. The molecule has 9 nitrogen and oxygen atoms in total. The van der Waals surface area contributed by atoms with E-state index >= 15 is 0 Å². The van der Waals surface area contributed by atoms with Crippen molar-refractivity contribution in [3.8, 4) is 0 Å². The maximum atomic E-state index is 14.2. The smallest absolute Gasteiger partial charge is 0.270 e. The molecule has 2 aliphatic rings. The van der Waals surface area contributed by atoms with Crippen molar-refractivity contribution in [1.29, 1.82) is 0 Å². The fraction of sp³-hybridized carbons (Fsp3) is 0.688. The Morgan fingerprint density at radius 1 is 1.10 bits per heavy atom. The molecule has 0 unspecified atom stereocenters. The van der Waals surface area contributed by atoms with E-state index in [1.165, 1.54) is 0 Å². The van der Waals surface area contributed by atoms with Gasteiger partial charge in [-0.25, -0.2) is 0 Å². The summed E-state index contributed by atoms with van der Waals surface area (Å²) in [7, 11) is 0. The molecule has 9 heteroatoms. The average molecular weight is 564 g/mol. The monoisotopic (exact) mass is 563 g/mol. The molecule has 2 aromatic rings. The molecule has 0 radical (unpaired) electrons. The van der Waals surface area contributed by atoms with Gasteiger partial charge in [-0.2, -0.15) is 5.21 Å².